The number of nitrogens with two attached hydrogens (primary N) is 1. The van der Waals surface area contributed by atoms with Gasteiger partial charge in [-0.1, -0.05) is 45.6 Å². The SMILES string of the molecule is CC1CCCCCC[Si]1(C)N. The molecule has 1 aliphatic heterocycles. The summed E-state index contributed by atoms with van der Waals surface area (Å²) in [4.78, 5) is 0. The molecule has 1 fully saturated rings. The quantitative estimate of drug-likeness (QED) is 0.557. The molecule has 2 heteroatoms. The van der Waals surface area contributed by atoms with Crippen LogP contribution in [0.5, 0.6) is 0 Å². The summed E-state index contributed by atoms with van der Waals surface area (Å²) in [5.41, 5.74) is 0.850. The van der Waals surface area contributed by atoms with Crippen LogP contribution < -0.4 is 5.40 Å². The Morgan fingerprint density at radius 1 is 1.18 bits per heavy atom. The van der Waals surface area contributed by atoms with E-state index in [1.54, 1.807) is 0 Å². The zero-order valence-corrected chi connectivity index (χ0v) is 8.90. The maximum absolute atomic E-state index is 6.33. The predicted octanol–water partition coefficient (Wildman–Crippen LogP) is 2.87. The molecule has 0 aromatic heterocycles. The third-order valence-corrected chi connectivity index (χ3v) is 7.20. The zero-order valence-electron chi connectivity index (χ0n) is 7.90. The fourth-order valence-corrected chi connectivity index (χ4v) is 4.25. The van der Waals surface area contributed by atoms with Crippen LogP contribution in [0.2, 0.25) is 18.1 Å². The second-order valence-electron chi connectivity index (χ2n) is 4.36. The van der Waals surface area contributed by atoms with Gasteiger partial charge in [0.05, 0.1) is 0 Å². The molecule has 2 atom stereocenters. The van der Waals surface area contributed by atoms with Gasteiger partial charge in [0.15, 0.2) is 0 Å². The Kier molecular flexibility index (Phi) is 3.13. The molecule has 0 saturated carbocycles. The monoisotopic (exact) mass is 171 g/mol. The number of hydrogen-bond donors (Lipinski definition) is 1. The minimum absolute atomic E-state index is 0.850. The fourth-order valence-electron chi connectivity index (χ4n) is 1.89. The lowest BCUT2D eigenvalue weighted by atomic mass is 10.1. The Hall–Kier alpha value is 0.177. The van der Waals surface area contributed by atoms with Crippen LogP contribution in [0, 0.1) is 0 Å². The highest BCUT2D eigenvalue weighted by Gasteiger charge is 2.29. The van der Waals surface area contributed by atoms with Crippen LogP contribution in [0.3, 0.4) is 0 Å². The Morgan fingerprint density at radius 2 is 1.82 bits per heavy atom. The first-order valence-corrected chi connectivity index (χ1v) is 7.78. The summed E-state index contributed by atoms with van der Waals surface area (Å²) in [7, 11) is -1.28. The van der Waals surface area contributed by atoms with Crippen LogP contribution in [-0.4, -0.2) is 8.24 Å². The zero-order chi connectivity index (χ0) is 8.32. The van der Waals surface area contributed by atoms with Crippen LogP contribution in [0.25, 0.3) is 0 Å². The molecular weight excluding hydrogens is 150 g/mol. The average molecular weight is 171 g/mol. The Bertz CT molecular complexity index is 123. The van der Waals surface area contributed by atoms with Crippen molar-refractivity contribution in [2.75, 3.05) is 0 Å². The van der Waals surface area contributed by atoms with Gasteiger partial charge < -0.3 is 5.40 Å². The first kappa shape index (κ1) is 9.27. The largest absolute Gasteiger partial charge is 0.351 e. The van der Waals surface area contributed by atoms with Gasteiger partial charge in [0.25, 0.3) is 0 Å². The maximum atomic E-state index is 6.33. The van der Waals surface area contributed by atoms with Gasteiger partial charge in [-0.3, -0.25) is 0 Å². The standard InChI is InChI=1S/C9H21NSi/c1-9-7-5-3-4-6-8-11(9,2)10/h9H,3-8,10H2,1-2H3. The van der Waals surface area contributed by atoms with Gasteiger partial charge in [0.2, 0.25) is 0 Å². The van der Waals surface area contributed by atoms with E-state index in [2.05, 4.69) is 13.5 Å². The molecule has 0 amide bonds. The van der Waals surface area contributed by atoms with Crippen LogP contribution in [-0.2, 0) is 0 Å². The summed E-state index contributed by atoms with van der Waals surface area (Å²) in [6.07, 6.45) is 7.06. The molecule has 1 nitrogen and oxygen atoms in total. The van der Waals surface area contributed by atoms with E-state index in [0.29, 0.717) is 0 Å². The maximum Gasteiger partial charge on any atom is 0.122 e. The molecule has 0 radical (unpaired) electrons. The van der Waals surface area contributed by atoms with E-state index in [9.17, 15) is 0 Å². The van der Waals surface area contributed by atoms with Crippen molar-refractivity contribution in [3.8, 4) is 0 Å². The predicted molar refractivity (Wildman–Crippen MR) is 53.1 cm³/mol. The molecule has 1 rings (SSSR count). The van der Waals surface area contributed by atoms with Crippen molar-refractivity contribution < 1.29 is 0 Å². The number of hydrogen-bond acceptors (Lipinski definition) is 1. The first-order chi connectivity index (χ1) is 5.13. The van der Waals surface area contributed by atoms with Gasteiger partial charge in [-0.15, -0.1) is 0 Å². The lowest BCUT2D eigenvalue weighted by Gasteiger charge is -2.31. The lowest BCUT2D eigenvalue weighted by molar-refractivity contribution is 0.587. The lowest BCUT2D eigenvalue weighted by Crippen LogP contribution is -2.46. The fraction of sp³-hybridized carbons (Fsp3) is 1.00. The van der Waals surface area contributed by atoms with Crippen molar-refractivity contribution in [1.29, 1.82) is 0 Å². The van der Waals surface area contributed by atoms with Crippen molar-refractivity contribution in [3.63, 3.8) is 0 Å². The van der Waals surface area contributed by atoms with E-state index in [4.69, 9.17) is 5.40 Å². The van der Waals surface area contributed by atoms with Crippen LogP contribution >= 0.6 is 0 Å². The summed E-state index contributed by atoms with van der Waals surface area (Å²) < 4.78 is 0. The second-order valence-corrected chi connectivity index (χ2v) is 8.86. The average Bonchev–Trinajstić information content (AvgIpc) is 1.93. The summed E-state index contributed by atoms with van der Waals surface area (Å²) in [5.74, 6) is 0. The van der Waals surface area contributed by atoms with Gasteiger partial charge in [-0.25, -0.2) is 0 Å². The normalized spacial score (nSPS) is 41.2. The molecule has 1 heterocycles. The Morgan fingerprint density at radius 3 is 2.55 bits per heavy atom. The molecule has 0 aromatic carbocycles. The van der Waals surface area contributed by atoms with E-state index in [1.807, 2.05) is 0 Å². The molecule has 1 aliphatic rings. The van der Waals surface area contributed by atoms with E-state index >= 15 is 0 Å². The molecule has 0 spiro atoms. The minimum atomic E-state index is -1.28. The van der Waals surface area contributed by atoms with Crippen LogP contribution in [0.1, 0.15) is 39.0 Å². The highest BCUT2D eigenvalue weighted by molar-refractivity contribution is 6.76. The van der Waals surface area contributed by atoms with Crippen molar-refractivity contribution in [2.45, 2.75) is 57.2 Å². The third-order valence-electron chi connectivity index (χ3n) is 3.23. The van der Waals surface area contributed by atoms with Gasteiger partial charge in [0.1, 0.15) is 8.24 Å². The van der Waals surface area contributed by atoms with Gasteiger partial charge in [-0.05, 0) is 11.6 Å². The second kappa shape index (κ2) is 3.72. The molecule has 0 bridgehead atoms. The summed E-state index contributed by atoms with van der Waals surface area (Å²) >= 11 is 0. The van der Waals surface area contributed by atoms with E-state index in [1.165, 1.54) is 38.1 Å². The highest BCUT2D eigenvalue weighted by atomic mass is 28.3. The molecule has 2 N–H and O–H groups in total. The highest BCUT2D eigenvalue weighted by Crippen LogP contribution is 2.30. The van der Waals surface area contributed by atoms with E-state index in [0.717, 1.165) is 5.54 Å². The molecule has 0 aromatic rings. The summed E-state index contributed by atoms with van der Waals surface area (Å²) in [6, 6.07) is 1.36. The van der Waals surface area contributed by atoms with E-state index in [-0.39, 0.29) is 0 Å². The smallest absolute Gasteiger partial charge is 0.122 e. The van der Waals surface area contributed by atoms with Crippen molar-refractivity contribution in [1.82, 2.24) is 0 Å². The topological polar surface area (TPSA) is 26.0 Å². The van der Waals surface area contributed by atoms with Crippen molar-refractivity contribution in [2.24, 2.45) is 5.40 Å². The van der Waals surface area contributed by atoms with Gasteiger partial charge >= 0.3 is 0 Å². The Balaban J connectivity index is 2.47. The van der Waals surface area contributed by atoms with Gasteiger partial charge in [0, 0.05) is 0 Å². The Labute approximate surface area is 71.5 Å². The molecule has 11 heavy (non-hydrogen) atoms. The van der Waals surface area contributed by atoms with Gasteiger partial charge in [-0.2, -0.15) is 0 Å². The number of rotatable bonds is 0. The van der Waals surface area contributed by atoms with Crippen LogP contribution in [0.4, 0.5) is 0 Å². The van der Waals surface area contributed by atoms with Crippen molar-refractivity contribution in [3.05, 3.63) is 0 Å². The third kappa shape index (κ3) is 2.60. The summed E-state index contributed by atoms with van der Waals surface area (Å²) in [6.45, 7) is 4.71. The van der Waals surface area contributed by atoms with Crippen LogP contribution in [0.15, 0.2) is 0 Å². The first-order valence-electron chi connectivity index (χ1n) is 4.92. The molecule has 66 valence electrons. The molecule has 1 saturated heterocycles. The van der Waals surface area contributed by atoms with E-state index < -0.39 is 8.24 Å². The minimum Gasteiger partial charge on any atom is -0.351 e. The molecule has 2 unspecified atom stereocenters. The molecule has 0 aliphatic carbocycles. The molecular formula is C9H21NSi. The summed E-state index contributed by atoms with van der Waals surface area (Å²) in [5, 5.41) is 6.33. The van der Waals surface area contributed by atoms with Crippen molar-refractivity contribution >= 4 is 8.24 Å².